The molecule has 0 aliphatic heterocycles. The van der Waals surface area contributed by atoms with Gasteiger partial charge in [-0.05, 0) is 55.4 Å². The maximum absolute atomic E-state index is 10.2. The average molecular weight is 445 g/mol. The smallest absolute Gasteiger partial charge is 0.118 e. The van der Waals surface area contributed by atoms with Crippen molar-refractivity contribution in [1.82, 2.24) is 0 Å². The number of aromatic hydroxyl groups is 1. The Bertz CT molecular complexity index is 548. The predicted octanol–water partition coefficient (Wildman–Crippen LogP) is 10.6. The Morgan fingerprint density at radius 1 is 0.500 bits per heavy atom. The minimum atomic E-state index is 0.485. The van der Waals surface area contributed by atoms with Gasteiger partial charge < -0.3 is 5.11 Å². The van der Waals surface area contributed by atoms with Crippen LogP contribution in [0.5, 0.6) is 5.75 Å². The van der Waals surface area contributed by atoms with Crippen LogP contribution < -0.4 is 0 Å². The van der Waals surface area contributed by atoms with Crippen LogP contribution in [0.1, 0.15) is 159 Å². The number of hydrogen-bond acceptors (Lipinski definition) is 1. The molecule has 0 atom stereocenters. The van der Waals surface area contributed by atoms with Gasteiger partial charge in [-0.3, -0.25) is 0 Å². The van der Waals surface area contributed by atoms with Crippen LogP contribution in [0.3, 0.4) is 0 Å². The molecule has 0 aromatic heterocycles. The second kappa shape index (κ2) is 20.6. The molecule has 0 bridgehead atoms. The van der Waals surface area contributed by atoms with E-state index < -0.39 is 0 Å². The van der Waals surface area contributed by atoms with Gasteiger partial charge in [0.05, 0.1) is 0 Å². The normalized spacial score (nSPS) is 11.3. The van der Waals surface area contributed by atoms with E-state index in [1.54, 1.807) is 0 Å². The van der Waals surface area contributed by atoms with Crippen molar-refractivity contribution >= 4 is 0 Å². The molecule has 0 aliphatic carbocycles. The first-order valence-corrected chi connectivity index (χ1v) is 14.5. The number of phenolic OH excluding ortho intramolecular Hbond substituents is 1. The van der Waals surface area contributed by atoms with Gasteiger partial charge in [0.1, 0.15) is 5.75 Å². The zero-order valence-corrected chi connectivity index (χ0v) is 22.2. The van der Waals surface area contributed by atoms with Gasteiger partial charge in [-0.1, -0.05) is 135 Å². The Balaban J connectivity index is 2.20. The maximum Gasteiger partial charge on any atom is 0.118 e. The summed E-state index contributed by atoms with van der Waals surface area (Å²) in [6, 6.07) is 4.12. The second-order valence-corrected chi connectivity index (χ2v) is 10.2. The molecule has 0 unspecified atom stereocenters. The molecule has 32 heavy (non-hydrogen) atoms. The van der Waals surface area contributed by atoms with Crippen LogP contribution in [0.4, 0.5) is 0 Å². The lowest BCUT2D eigenvalue weighted by molar-refractivity contribution is 0.469. The van der Waals surface area contributed by atoms with Gasteiger partial charge in [0, 0.05) is 0 Å². The Hall–Kier alpha value is -0.980. The first-order valence-electron chi connectivity index (χ1n) is 14.5. The predicted molar refractivity (Wildman–Crippen MR) is 144 cm³/mol. The summed E-state index contributed by atoms with van der Waals surface area (Å²) < 4.78 is 0. The van der Waals surface area contributed by atoms with Crippen LogP contribution in [0.15, 0.2) is 12.1 Å². The van der Waals surface area contributed by atoms with Crippen molar-refractivity contribution in [3.63, 3.8) is 0 Å². The average Bonchev–Trinajstić information content (AvgIpc) is 2.80. The fourth-order valence-corrected chi connectivity index (χ4v) is 4.97. The fourth-order valence-electron chi connectivity index (χ4n) is 4.97. The van der Waals surface area contributed by atoms with Crippen molar-refractivity contribution in [1.29, 1.82) is 0 Å². The molecule has 1 rings (SSSR count). The monoisotopic (exact) mass is 444 g/mol. The van der Waals surface area contributed by atoms with Gasteiger partial charge in [-0.2, -0.15) is 0 Å². The third-order valence-corrected chi connectivity index (χ3v) is 7.25. The number of phenols is 1. The highest BCUT2D eigenvalue weighted by molar-refractivity contribution is 5.43. The van der Waals surface area contributed by atoms with Gasteiger partial charge >= 0.3 is 0 Å². The molecule has 0 saturated heterocycles. The molecule has 0 saturated carbocycles. The molecular formula is C31H56O. The molecule has 1 N–H and O–H groups in total. The quantitative estimate of drug-likeness (QED) is 0.176. The van der Waals surface area contributed by atoms with E-state index in [1.807, 2.05) is 6.07 Å². The van der Waals surface area contributed by atoms with Crippen LogP contribution >= 0.6 is 0 Å². The van der Waals surface area contributed by atoms with E-state index >= 15 is 0 Å². The van der Waals surface area contributed by atoms with E-state index in [0.29, 0.717) is 5.75 Å². The molecule has 0 heterocycles. The van der Waals surface area contributed by atoms with Crippen LogP contribution in [0.25, 0.3) is 0 Å². The van der Waals surface area contributed by atoms with Gasteiger partial charge in [0.25, 0.3) is 0 Å². The van der Waals surface area contributed by atoms with Crippen molar-refractivity contribution < 1.29 is 5.11 Å². The summed E-state index contributed by atoms with van der Waals surface area (Å²) in [5.41, 5.74) is 4.07. The number of aryl methyl sites for hydroxylation is 1. The molecular weight excluding hydrogens is 388 g/mol. The van der Waals surface area contributed by atoms with E-state index in [9.17, 15) is 5.11 Å². The summed E-state index contributed by atoms with van der Waals surface area (Å²) in [5, 5.41) is 10.2. The Morgan fingerprint density at radius 2 is 0.875 bits per heavy atom. The molecule has 0 aliphatic rings. The largest absolute Gasteiger partial charge is 0.508 e. The lowest BCUT2D eigenvalue weighted by Gasteiger charge is -2.14. The van der Waals surface area contributed by atoms with E-state index in [1.165, 1.54) is 146 Å². The highest BCUT2D eigenvalue weighted by Gasteiger charge is 2.09. The van der Waals surface area contributed by atoms with Gasteiger partial charge in [-0.15, -0.1) is 0 Å². The molecule has 186 valence electrons. The van der Waals surface area contributed by atoms with Crippen LogP contribution in [-0.2, 0) is 12.8 Å². The van der Waals surface area contributed by atoms with E-state index in [4.69, 9.17) is 0 Å². The topological polar surface area (TPSA) is 20.2 Å². The van der Waals surface area contributed by atoms with E-state index in [-0.39, 0.29) is 0 Å². The minimum absolute atomic E-state index is 0.485. The van der Waals surface area contributed by atoms with Crippen LogP contribution in [-0.4, -0.2) is 5.11 Å². The SMILES string of the molecule is CCCCCCCCCCCCc1ccc(O)c(C)c1CCCCCCCCCCCC. The summed E-state index contributed by atoms with van der Waals surface area (Å²) in [6.07, 6.45) is 30.1. The standard InChI is InChI=1S/C31H56O/c1-4-6-8-10-12-14-16-18-20-22-24-29-26-27-31(32)28(3)30(29)25-23-21-19-17-15-13-11-9-7-5-2/h26-27,32H,4-25H2,1-3H3. The summed E-state index contributed by atoms with van der Waals surface area (Å²) in [5.74, 6) is 0.485. The highest BCUT2D eigenvalue weighted by Crippen LogP contribution is 2.27. The minimum Gasteiger partial charge on any atom is -0.508 e. The molecule has 1 nitrogen and oxygen atoms in total. The highest BCUT2D eigenvalue weighted by atomic mass is 16.3. The van der Waals surface area contributed by atoms with Crippen LogP contribution in [0.2, 0.25) is 0 Å². The number of unbranched alkanes of at least 4 members (excludes halogenated alkanes) is 18. The van der Waals surface area contributed by atoms with E-state index in [2.05, 4.69) is 26.8 Å². The summed E-state index contributed by atoms with van der Waals surface area (Å²) in [4.78, 5) is 0. The molecule has 1 heteroatoms. The fraction of sp³-hybridized carbons (Fsp3) is 0.806. The van der Waals surface area contributed by atoms with Crippen LogP contribution in [0, 0.1) is 6.92 Å². The van der Waals surface area contributed by atoms with Gasteiger partial charge in [0.15, 0.2) is 0 Å². The molecule has 1 aromatic rings. The lowest BCUT2D eigenvalue weighted by Crippen LogP contribution is -1.99. The summed E-state index contributed by atoms with van der Waals surface area (Å²) in [7, 11) is 0. The summed E-state index contributed by atoms with van der Waals surface area (Å²) >= 11 is 0. The Morgan fingerprint density at radius 3 is 1.31 bits per heavy atom. The third-order valence-electron chi connectivity index (χ3n) is 7.25. The van der Waals surface area contributed by atoms with Crippen molar-refractivity contribution in [3.8, 4) is 5.75 Å². The zero-order chi connectivity index (χ0) is 23.3. The lowest BCUT2D eigenvalue weighted by atomic mass is 9.92. The van der Waals surface area contributed by atoms with Crippen molar-refractivity contribution in [2.24, 2.45) is 0 Å². The maximum atomic E-state index is 10.2. The third kappa shape index (κ3) is 14.2. The Labute approximate surface area is 201 Å². The molecule has 0 radical (unpaired) electrons. The molecule has 0 spiro atoms. The van der Waals surface area contributed by atoms with E-state index in [0.717, 1.165) is 12.0 Å². The first-order chi connectivity index (χ1) is 15.7. The number of rotatable bonds is 22. The zero-order valence-electron chi connectivity index (χ0n) is 22.2. The second-order valence-electron chi connectivity index (χ2n) is 10.2. The number of benzene rings is 1. The van der Waals surface area contributed by atoms with Crippen molar-refractivity contribution in [2.75, 3.05) is 0 Å². The summed E-state index contributed by atoms with van der Waals surface area (Å²) in [6.45, 7) is 6.69. The Kier molecular flexibility index (Phi) is 18.7. The molecule has 0 fully saturated rings. The number of hydrogen-bond donors (Lipinski definition) is 1. The van der Waals surface area contributed by atoms with Gasteiger partial charge in [-0.25, -0.2) is 0 Å². The molecule has 0 amide bonds. The first kappa shape index (κ1) is 29.1. The van der Waals surface area contributed by atoms with Crippen molar-refractivity contribution in [3.05, 3.63) is 28.8 Å². The molecule has 1 aromatic carbocycles. The van der Waals surface area contributed by atoms with Crippen molar-refractivity contribution in [2.45, 2.75) is 162 Å². The van der Waals surface area contributed by atoms with Gasteiger partial charge in [0.2, 0.25) is 0 Å².